The van der Waals surface area contributed by atoms with Crippen LogP contribution in [0.3, 0.4) is 0 Å². The normalized spacial score (nSPS) is 16.7. The number of nitrogens with zero attached hydrogens (tertiary/aromatic N) is 3. The van der Waals surface area contributed by atoms with Gasteiger partial charge in [0.25, 0.3) is 0 Å². The lowest BCUT2D eigenvalue weighted by Crippen LogP contribution is -2.36. The molecule has 98 valence electrons. The molecule has 1 aliphatic heterocycles. The summed E-state index contributed by atoms with van der Waals surface area (Å²) in [7, 11) is 0. The van der Waals surface area contributed by atoms with Gasteiger partial charge < -0.3 is 5.73 Å². The van der Waals surface area contributed by atoms with Crippen molar-refractivity contribution in [3.63, 3.8) is 0 Å². The van der Waals surface area contributed by atoms with Crippen LogP contribution in [0.25, 0.3) is 0 Å². The van der Waals surface area contributed by atoms with Gasteiger partial charge in [0, 0.05) is 0 Å². The molecule has 2 rings (SSSR count). The maximum absolute atomic E-state index is 11.9. The Morgan fingerprint density at radius 1 is 1.42 bits per heavy atom. The van der Waals surface area contributed by atoms with Crippen molar-refractivity contribution in [1.82, 2.24) is 5.01 Å². The van der Waals surface area contributed by atoms with E-state index in [2.05, 4.69) is 15.6 Å². The summed E-state index contributed by atoms with van der Waals surface area (Å²) < 4.78 is 0. The molecule has 6 nitrogen and oxygen atoms in total. The predicted molar refractivity (Wildman–Crippen MR) is 79.0 cm³/mol. The minimum absolute atomic E-state index is 0.0922. The molecule has 1 aliphatic rings. The number of nitrogens with one attached hydrogen (secondary N) is 1. The Labute approximate surface area is 116 Å². The second kappa shape index (κ2) is 5.15. The molecule has 0 aliphatic carbocycles. The van der Waals surface area contributed by atoms with E-state index in [-0.39, 0.29) is 10.8 Å². The van der Waals surface area contributed by atoms with Gasteiger partial charge in [0.1, 0.15) is 0 Å². The number of carbonyl (C=O) groups is 1. The van der Waals surface area contributed by atoms with Gasteiger partial charge in [0.15, 0.2) is 10.8 Å². The Bertz CT molecular complexity index is 608. The summed E-state index contributed by atoms with van der Waals surface area (Å²) in [5.74, 6) is -0.425. The number of para-hydroxylation sites is 1. The van der Waals surface area contributed by atoms with Crippen LogP contribution in [0.4, 0.5) is 5.69 Å². The largest absolute Gasteiger partial charge is 0.374 e. The van der Waals surface area contributed by atoms with Gasteiger partial charge in [0.05, 0.1) is 11.4 Å². The number of aryl methyl sites for hydroxylation is 1. The fraction of sp³-hybridized carbons (Fsp3) is 0.167. The summed E-state index contributed by atoms with van der Waals surface area (Å²) in [5.41, 5.74) is 10.8. The van der Waals surface area contributed by atoms with Crippen LogP contribution in [0.5, 0.6) is 0 Å². The zero-order valence-electron chi connectivity index (χ0n) is 10.5. The number of anilines is 1. The lowest BCUT2D eigenvalue weighted by atomic mass is 10.2. The Kier molecular flexibility index (Phi) is 3.57. The standard InChI is InChI=1S/C12H13N5OS/c1-7-5-3-4-6-9(7)14-15-10-8(2)16-17(11(10)18)12(13)19/h3-6,14H,1-2H3,(H2,13,19)/b15-10+. The van der Waals surface area contributed by atoms with Gasteiger partial charge in [-0.25, -0.2) is 0 Å². The van der Waals surface area contributed by atoms with E-state index in [1.54, 1.807) is 6.92 Å². The summed E-state index contributed by atoms with van der Waals surface area (Å²) in [4.78, 5) is 11.9. The molecule has 0 fully saturated rings. The zero-order valence-corrected chi connectivity index (χ0v) is 11.4. The molecular formula is C12H13N5OS. The van der Waals surface area contributed by atoms with E-state index in [1.165, 1.54) is 0 Å². The van der Waals surface area contributed by atoms with Gasteiger partial charge in [-0.2, -0.15) is 15.2 Å². The Hall–Kier alpha value is -2.28. The van der Waals surface area contributed by atoms with Crippen LogP contribution in [0.15, 0.2) is 34.5 Å². The molecule has 0 unspecified atom stereocenters. The number of nitrogens with two attached hydrogens (primary N) is 1. The van der Waals surface area contributed by atoms with Crippen LogP contribution in [-0.2, 0) is 4.79 Å². The number of hydrazone groups is 2. The lowest BCUT2D eigenvalue weighted by molar-refractivity contribution is -0.119. The first-order chi connectivity index (χ1) is 9.00. The highest BCUT2D eigenvalue weighted by molar-refractivity contribution is 7.80. The third-order valence-electron chi connectivity index (χ3n) is 2.63. The SMILES string of the molecule is CC1=NN(C(N)=S)C(=O)/C1=N/Nc1ccccc1C. The number of thiocarbonyl (C=S) groups is 1. The second-order valence-electron chi connectivity index (χ2n) is 4.03. The van der Waals surface area contributed by atoms with Crippen LogP contribution < -0.4 is 11.2 Å². The van der Waals surface area contributed by atoms with Crippen molar-refractivity contribution in [1.29, 1.82) is 0 Å². The third-order valence-corrected chi connectivity index (χ3v) is 2.80. The van der Waals surface area contributed by atoms with E-state index < -0.39 is 5.91 Å². The number of amides is 1. The number of rotatable bonds is 2. The summed E-state index contributed by atoms with van der Waals surface area (Å²) >= 11 is 4.74. The first kappa shape index (κ1) is 13.2. The Morgan fingerprint density at radius 2 is 2.11 bits per heavy atom. The van der Waals surface area contributed by atoms with Gasteiger partial charge in [-0.1, -0.05) is 18.2 Å². The van der Waals surface area contributed by atoms with E-state index in [0.29, 0.717) is 5.71 Å². The number of carbonyl (C=O) groups excluding carboxylic acids is 1. The second-order valence-corrected chi connectivity index (χ2v) is 4.45. The molecule has 0 aromatic heterocycles. The Balaban J connectivity index is 2.22. The van der Waals surface area contributed by atoms with Crippen molar-refractivity contribution < 1.29 is 4.79 Å². The molecular weight excluding hydrogens is 262 g/mol. The van der Waals surface area contributed by atoms with Crippen LogP contribution in [0.1, 0.15) is 12.5 Å². The van der Waals surface area contributed by atoms with Gasteiger partial charge in [0.2, 0.25) is 0 Å². The molecule has 0 saturated heterocycles. The molecule has 1 heterocycles. The van der Waals surface area contributed by atoms with Gasteiger partial charge in [-0.3, -0.25) is 10.2 Å². The highest BCUT2D eigenvalue weighted by Crippen LogP contribution is 2.14. The molecule has 1 amide bonds. The van der Waals surface area contributed by atoms with Crippen LogP contribution in [-0.4, -0.2) is 27.5 Å². The summed E-state index contributed by atoms with van der Waals surface area (Å²) in [6, 6.07) is 7.63. The van der Waals surface area contributed by atoms with Crippen LogP contribution in [0, 0.1) is 6.92 Å². The summed E-state index contributed by atoms with van der Waals surface area (Å²) in [6.07, 6.45) is 0. The van der Waals surface area contributed by atoms with E-state index >= 15 is 0 Å². The van der Waals surface area contributed by atoms with Crippen molar-refractivity contribution in [2.75, 3.05) is 5.43 Å². The fourth-order valence-electron chi connectivity index (χ4n) is 1.59. The number of hydrogen-bond donors (Lipinski definition) is 2. The maximum atomic E-state index is 11.9. The smallest absolute Gasteiger partial charge is 0.303 e. The highest BCUT2D eigenvalue weighted by atomic mass is 32.1. The minimum Gasteiger partial charge on any atom is -0.374 e. The van der Waals surface area contributed by atoms with Gasteiger partial charge in [-0.15, -0.1) is 0 Å². The van der Waals surface area contributed by atoms with Crippen LogP contribution in [0.2, 0.25) is 0 Å². The Morgan fingerprint density at radius 3 is 2.68 bits per heavy atom. The van der Waals surface area contributed by atoms with Crippen molar-refractivity contribution in [3.05, 3.63) is 29.8 Å². The molecule has 1 aromatic carbocycles. The summed E-state index contributed by atoms with van der Waals surface area (Å²) in [6.45, 7) is 3.62. The number of hydrogen-bond acceptors (Lipinski definition) is 5. The molecule has 0 spiro atoms. The molecule has 7 heteroatoms. The van der Waals surface area contributed by atoms with E-state index in [4.69, 9.17) is 18.0 Å². The third kappa shape index (κ3) is 2.60. The first-order valence-corrected chi connectivity index (χ1v) is 6.00. The zero-order chi connectivity index (χ0) is 14.0. The molecule has 19 heavy (non-hydrogen) atoms. The van der Waals surface area contributed by atoms with E-state index in [0.717, 1.165) is 16.3 Å². The van der Waals surface area contributed by atoms with E-state index in [1.807, 2.05) is 31.2 Å². The molecule has 0 radical (unpaired) electrons. The van der Waals surface area contributed by atoms with Crippen LogP contribution >= 0.6 is 12.2 Å². The fourth-order valence-corrected chi connectivity index (χ4v) is 1.71. The van der Waals surface area contributed by atoms with Crippen molar-refractivity contribution in [2.45, 2.75) is 13.8 Å². The average molecular weight is 275 g/mol. The summed E-state index contributed by atoms with van der Waals surface area (Å²) in [5, 5.41) is 8.90. The van der Waals surface area contributed by atoms with Gasteiger partial charge >= 0.3 is 5.91 Å². The molecule has 0 saturated carbocycles. The van der Waals surface area contributed by atoms with Gasteiger partial charge in [-0.05, 0) is 37.7 Å². The molecule has 3 N–H and O–H groups in total. The first-order valence-electron chi connectivity index (χ1n) is 5.59. The average Bonchev–Trinajstić information content (AvgIpc) is 2.65. The molecule has 0 atom stereocenters. The molecule has 1 aromatic rings. The monoisotopic (exact) mass is 275 g/mol. The number of benzene rings is 1. The van der Waals surface area contributed by atoms with Crippen molar-refractivity contribution in [2.24, 2.45) is 15.9 Å². The highest BCUT2D eigenvalue weighted by Gasteiger charge is 2.31. The lowest BCUT2D eigenvalue weighted by Gasteiger charge is -2.07. The maximum Gasteiger partial charge on any atom is 0.303 e. The van der Waals surface area contributed by atoms with E-state index in [9.17, 15) is 4.79 Å². The van der Waals surface area contributed by atoms with Crippen molar-refractivity contribution in [3.8, 4) is 0 Å². The minimum atomic E-state index is -0.425. The van der Waals surface area contributed by atoms with Crippen molar-refractivity contribution >= 4 is 40.3 Å². The topological polar surface area (TPSA) is 83.1 Å². The quantitative estimate of drug-likeness (QED) is 0.628. The predicted octanol–water partition coefficient (Wildman–Crippen LogP) is 1.22. The molecule has 0 bridgehead atoms.